The highest BCUT2D eigenvalue weighted by atomic mass is 16.2. The van der Waals surface area contributed by atoms with E-state index in [1.54, 1.807) is 0 Å². The topological polar surface area (TPSA) is 43.2 Å². The number of rotatable bonds is 8. The summed E-state index contributed by atoms with van der Waals surface area (Å²) in [6, 6.07) is 0.207. The summed E-state index contributed by atoms with van der Waals surface area (Å²) in [7, 11) is 0. The second-order valence-electron chi connectivity index (χ2n) is 5.42. The van der Waals surface area contributed by atoms with Crippen molar-refractivity contribution >= 4 is 6.03 Å². The molecule has 0 aliphatic heterocycles. The van der Waals surface area contributed by atoms with E-state index in [9.17, 15) is 4.79 Å². The average molecular weight is 253 g/mol. The Morgan fingerprint density at radius 3 is 2.44 bits per heavy atom. The summed E-state index contributed by atoms with van der Waals surface area (Å²) in [5.41, 5.74) is 0. The van der Waals surface area contributed by atoms with Crippen LogP contribution in [0.15, 0.2) is 0 Å². The maximum absolute atomic E-state index is 11.6. The molecule has 2 amide bonds. The molecule has 1 saturated carbocycles. The first-order chi connectivity index (χ1) is 8.83. The number of carbonyl (C=O) groups excluding carboxylic acids is 1. The van der Waals surface area contributed by atoms with Gasteiger partial charge in [0, 0.05) is 6.54 Å². The standard InChI is InChI=1S/C15H29N2O/c1-2-3-4-5-6-10-13-16-15(18)17-14-11-8-7-9-12-14/h14H,2-13H2,1H3,(H,16,18). The Morgan fingerprint density at radius 2 is 1.72 bits per heavy atom. The molecule has 1 radical (unpaired) electrons. The van der Waals surface area contributed by atoms with Crippen molar-refractivity contribution in [3.63, 3.8) is 0 Å². The molecule has 1 rings (SSSR count). The molecule has 3 nitrogen and oxygen atoms in total. The molecule has 18 heavy (non-hydrogen) atoms. The highest BCUT2D eigenvalue weighted by Crippen LogP contribution is 2.17. The van der Waals surface area contributed by atoms with E-state index in [4.69, 9.17) is 0 Å². The Kier molecular flexibility index (Phi) is 8.70. The minimum Gasteiger partial charge on any atom is -0.337 e. The molecule has 0 bridgehead atoms. The molecule has 0 heterocycles. The van der Waals surface area contributed by atoms with Crippen LogP contribution in [0.2, 0.25) is 0 Å². The zero-order valence-corrected chi connectivity index (χ0v) is 11.9. The lowest BCUT2D eigenvalue weighted by molar-refractivity contribution is 0.231. The normalized spacial score (nSPS) is 16.5. The van der Waals surface area contributed by atoms with Crippen molar-refractivity contribution in [1.82, 2.24) is 10.6 Å². The van der Waals surface area contributed by atoms with Crippen molar-refractivity contribution < 1.29 is 4.79 Å². The second kappa shape index (κ2) is 10.2. The Labute approximate surface area is 112 Å². The van der Waals surface area contributed by atoms with Gasteiger partial charge < -0.3 is 5.32 Å². The van der Waals surface area contributed by atoms with Crippen molar-refractivity contribution in [1.29, 1.82) is 0 Å². The van der Waals surface area contributed by atoms with Crippen LogP contribution in [0.5, 0.6) is 0 Å². The van der Waals surface area contributed by atoms with E-state index in [0.717, 1.165) is 25.8 Å². The number of amides is 2. The number of hydrogen-bond donors (Lipinski definition) is 1. The van der Waals surface area contributed by atoms with Crippen LogP contribution < -0.4 is 10.6 Å². The summed E-state index contributed by atoms with van der Waals surface area (Å²) >= 11 is 0. The van der Waals surface area contributed by atoms with Gasteiger partial charge in [-0.05, 0) is 19.3 Å². The second-order valence-corrected chi connectivity index (χ2v) is 5.42. The smallest absolute Gasteiger partial charge is 0.336 e. The molecule has 0 spiro atoms. The van der Waals surface area contributed by atoms with Crippen molar-refractivity contribution in [3.8, 4) is 0 Å². The molecule has 0 aromatic rings. The Balaban J connectivity index is 1.90. The quantitative estimate of drug-likeness (QED) is 0.653. The number of nitrogens with zero attached hydrogens (tertiary/aromatic N) is 1. The lowest BCUT2D eigenvalue weighted by atomic mass is 9.96. The first kappa shape index (κ1) is 15.3. The van der Waals surface area contributed by atoms with E-state index < -0.39 is 0 Å². The minimum absolute atomic E-state index is 0.0875. The predicted molar refractivity (Wildman–Crippen MR) is 75.8 cm³/mol. The van der Waals surface area contributed by atoms with Crippen LogP contribution in [0.25, 0.3) is 0 Å². The molecule has 1 aliphatic rings. The average Bonchev–Trinajstić information content (AvgIpc) is 2.39. The highest BCUT2D eigenvalue weighted by Gasteiger charge is 2.16. The van der Waals surface area contributed by atoms with Crippen LogP contribution in [0, 0.1) is 0 Å². The zero-order valence-electron chi connectivity index (χ0n) is 11.9. The van der Waals surface area contributed by atoms with Gasteiger partial charge in [0.05, 0.1) is 6.04 Å². The van der Waals surface area contributed by atoms with Gasteiger partial charge in [-0.2, -0.15) is 0 Å². The zero-order chi connectivity index (χ0) is 13.1. The summed E-state index contributed by atoms with van der Waals surface area (Å²) < 4.78 is 0. The number of carbonyl (C=O) groups is 1. The van der Waals surface area contributed by atoms with Gasteiger partial charge in [-0.1, -0.05) is 58.3 Å². The molecule has 0 saturated heterocycles. The van der Waals surface area contributed by atoms with Crippen LogP contribution in [0.1, 0.15) is 77.6 Å². The number of unbranched alkanes of at least 4 members (excludes halogenated alkanes) is 5. The molecule has 1 N–H and O–H groups in total. The van der Waals surface area contributed by atoms with Crippen LogP contribution in [-0.4, -0.2) is 18.6 Å². The third kappa shape index (κ3) is 7.57. The van der Waals surface area contributed by atoms with Gasteiger partial charge in [0.2, 0.25) is 0 Å². The Hall–Kier alpha value is -0.730. The third-order valence-electron chi connectivity index (χ3n) is 3.68. The van der Waals surface area contributed by atoms with Gasteiger partial charge >= 0.3 is 6.03 Å². The van der Waals surface area contributed by atoms with Gasteiger partial charge in [0.1, 0.15) is 0 Å². The number of nitrogens with one attached hydrogen (secondary N) is 1. The fraction of sp³-hybridized carbons (Fsp3) is 0.933. The fourth-order valence-corrected chi connectivity index (χ4v) is 2.52. The molecule has 1 aliphatic carbocycles. The summed E-state index contributed by atoms with van der Waals surface area (Å²) in [5.74, 6) is 0. The van der Waals surface area contributed by atoms with E-state index in [-0.39, 0.29) is 6.03 Å². The van der Waals surface area contributed by atoms with Crippen LogP contribution >= 0.6 is 0 Å². The molecule has 3 heteroatoms. The molecule has 105 valence electrons. The van der Waals surface area contributed by atoms with Gasteiger partial charge in [0.25, 0.3) is 0 Å². The molecule has 0 atom stereocenters. The highest BCUT2D eigenvalue weighted by molar-refractivity contribution is 5.73. The predicted octanol–water partition coefficient (Wildman–Crippen LogP) is 3.99. The minimum atomic E-state index is -0.0875. The van der Waals surface area contributed by atoms with Crippen LogP contribution in [0.3, 0.4) is 0 Å². The monoisotopic (exact) mass is 253 g/mol. The van der Waals surface area contributed by atoms with E-state index in [0.29, 0.717) is 6.04 Å². The SMILES string of the molecule is CCCCCCCCNC(=O)[N]C1CCCCC1. The van der Waals surface area contributed by atoms with E-state index in [1.165, 1.54) is 51.4 Å². The number of hydrogen-bond acceptors (Lipinski definition) is 1. The lowest BCUT2D eigenvalue weighted by Crippen LogP contribution is -2.37. The van der Waals surface area contributed by atoms with Crippen LogP contribution in [0.4, 0.5) is 4.79 Å². The van der Waals surface area contributed by atoms with E-state index in [2.05, 4.69) is 17.6 Å². The van der Waals surface area contributed by atoms with Crippen molar-refractivity contribution in [2.45, 2.75) is 83.6 Å². The molecular weight excluding hydrogens is 224 g/mol. The van der Waals surface area contributed by atoms with Gasteiger partial charge in [0.15, 0.2) is 0 Å². The molecule has 1 fully saturated rings. The summed E-state index contributed by atoms with van der Waals surface area (Å²) in [6.45, 7) is 3.02. The van der Waals surface area contributed by atoms with Gasteiger partial charge in [-0.25, -0.2) is 10.1 Å². The maximum Gasteiger partial charge on any atom is 0.336 e. The third-order valence-corrected chi connectivity index (χ3v) is 3.68. The molecular formula is C15H29N2O. The summed E-state index contributed by atoms with van der Waals surface area (Å²) in [5, 5.41) is 7.15. The Bertz CT molecular complexity index is 213. The van der Waals surface area contributed by atoms with Crippen molar-refractivity contribution in [2.24, 2.45) is 0 Å². The summed E-state index contributed by atoms with van der Waals surface area (Å²) in [6.07, 6.45) is 13.6. The van der Waals surface area contributed by atoms with Crippen molar-refractivity contribution in [2.75, 3.05) is 6.54 Å². The van der Waals surface area contributed by atoms with E-state index in [1.807, 2.05) is 0 Å². The first-order valence-electron chi connectivity index (χ1n) is 7.81. The van der Waals surface area contributed by atoms with Gasteiger partial charge in [-0.15, -0.1) is 0 Å². The molecule has 0 aromatic heterocycles. The van der Waals surface area contributed by atoms with Crippen molar-refractivity contribution in [3.05, 3.63) is 0 Å². The molecule has 0 unspecified atom stereocenters. The maximum atomic E-state index is 11.6. The van der Waals surface area contributed by atoms with Crippen LogP contribution in [-0.2, 0) is 0 Å². The fourth-order valence-electron chi connectivity index (χ4n) is 2.52. The summed E-state index contributed by atoms with van der Waals surface area (Å²) in [4.78, 5) is 11.6. The van der Waals surface area contributed by atoms with Gasteiger partial charge in [-0.3, -0.25) is 0 Å². The molecule has 0 aromatic carbocycles. The number of urea groups is 1. The lowest BCUT2D eigenvalue weighted by Gasteiger charge is -2.20. The first-order valence-corrected chi connectivity index (χ1v) is 7.81. The Morgan fingerprint density at radius 1 is 1.06 bits per heavy atom. The van der Waals surface area contributed by atoms with E-state index >= 15 is 0 Å². The largest absolute Gasteiger partial charge is 0.337 e.